The molecule has 26 heavy (non-hydrogen) atoms. The minimum absolute atomic E-state index is 0.245. The second-order valence-electron chi connectivity index (χ2n) is 7.86. The van der Waals surface area contributed by atoms with E-state index in [1.807, 2.05) is 36.2 Å². The molecule has 0 aromatic carbocycles. The third-order valence-electron chi connectivity index (χ3n) is 6.02. The van der Waals surface area contributed by atoms with Gasteiger partial charge in [-0.15, -0.1) is 11.8 Å². The highest BCUT2D eigenvalue weighted by molar-refractivity contribution is 8.01. The van der Waals surface area contributed by atoms with Crippen molar-refractivity contribution in [3.63, 3.8) is 0 Å². The summed E-state index contributed by atoms with van der Waals surface area (Å²) in [7, 11) is 0. The van der Waals surface area contributed by atoms with Crippen LogP contribution in [0.1, 0.15) is 31.9 Å². The first kappa shape index (κ1) is 18.3. The van der Waals surface area contributed by atoms with E-state index in [0.29, 0.717) is 12.5 Å². The van der Waals surface area contributed by atoms with Crippen LogP contribution >= 0.6 is 11.8 Å². The Labute approximate surface area is 160 Å². The summed E-state index contributed by atoms with van der Waals surface area (Å²) >= 11 is 2.00. The number of carbonyl (C=O) groups excluding carboxylic acids is 1. The lowest BCUT2D eigenvalue weighted by Gasteiger charge is -2.49. The zero-order valence-corrected chi connectivity index (χ0v) is 16.4. The summed E-state index contributed by atoms with van der Waals surface area (Å²) in [6, 6.07) is 5.93. The lowest BCUT2D eigenvalue weighted by Crippen LogP contribution is -2.62. The second kappa shape index (κ2) is 7.87. The maximum atomic E-state index is 12.8. The number of piperidine rings is 1. The van der Waals surface area contributed by atoms with Gasteiger partial charge in [0.2, 0.25) is 5.91 Å². The summed E-state index contributed by atoms with van der Waals surface area (Å²) in [5.41, 5.74) is 0.988. The van der Waals surface area contributed by atoms with E-state index in [0.717, 1.165) is 63.4 Å². The van der Waals surface area contributed by atoms with Gasteiger partial charge >= 0.3 is 0 Å². The van der Waals surface area contributed by atoms with Gasteiger partial charge in [-0.1, -0.05) is 13.0 Å². The average Bonchev–Trinajstić information content (AvgIpc) is 3.10. The van der Waals surface area contributed by atoms with Crippen molar-refractivity contribution in [3.8, 4) is 0 Å². The molecule has 0 saturated carbocycles. The molecule has 0 N–H and O–H groups in total. The first-order chi connectivity index (χ1) is 12.7. The molecule has 1 aromatic heterocycles. The number of thioether (sulfide) groups is 1. The number of likely N-dealkylation sites (tertiary alicyclic amines) is 2. The minimum atomic E-state index is 0.245. The molecule has 4 heterocycles. The Morgan fingerprint density at radius 3 is 2.85 bits per heavy atom. The second-order valence-corrected chi connectivity index (χ2v) is 9.34. The van der Waals surface area contributed by atoms with E-state index >= 15 is 0 Å². The van der Waals surface area contributed by atoms with Crippen LogP contribution in [-0.2, 0) is 16.1 Å². The van der Waals surface area contributed by atoms with Crippen LogP contribution in [0, 0.1) is 5.92 Å². The third kappa shape index (κ3) is 3.92. The fourth-order valence-corrected chi connectivity index (χ4v) is 5.93. The molecule has 3 fully saturated rings. The van der Waals surface area contributed by atoms with Crippen molar-refractivity contribution >= 4 is 17.7 Å². The quantitative estimate of drug-likeness (QED) is 0.791. The Morgan fingerprint density at radius 1 is 1.35 bits per heavy atom. The maximum Gasteiger partial charge on any atom is 0.225 e. The Bertz CT molecular complexity index is 613. The summed E-state index contributed by atoms with van der Waals surface area (Å²) in [4.78, 5) is 21.6. The highest BCUT2D eigenvalue weighted by Crippen LogP contribution is 2.46. The first-order valence-electron chi connectivity index (χ1n) is 9.84. The Balaban J connectivity index is 1.21. The summed E-state index contributed by atoms with van der Waals surface area (Å²) in [5.74, 6) is 1.67. The molecule has 0 radical (unpaired) electrons. The molecule has 4 rings (SSSR count). The minimum Gasteiger partial charge on any atom is -0.371 e. The zero-order valence-electron chi connectivity index (χ0n) is 15.6. The normalized spacial score (nSPS) is 26.2. The fourth-order valence-electron chi connectivity index (χ4n) is 4.38. The molecule has 3 aliphatic heterocycles. The van der Waals surface area contributed by atoms with Gasteiger partial charge in [0, 0.05) is 31.0 Å². The van der Waals surface area contributed by atoms with Gasteiger partial charge in [0.15, 0.2) is 0 Å². The summed E-state index contributed by atoms with van der Waals surface area (Å²) in [6.45, 7) is 7.85. The summed E-state index contributed by atoms with van der Waals surface area (Å²) in [6.07, 6.45) is 5.21. The van der Waals surface area contributed by atoms with Crippen LogP contribution in [0.2, 0.25) is 0 Å². The number of amides is 1. The predicted octanol–water partition coefficient (Wildman–Crippen LogP) is 2.42. The molecule has 3 aliphatic rings. The SMILES string of the molecule is CCN1CCC(C(=O)N2CC3(C[C@@H](OCc4ccccn4)CS3)C2)CC1. The molecule has 1 atom stereocenters. The number of hydrogen-bond donors (Lipinski definition) is 0. The molecule has 1 aromatic rings. The molecular formula is C20H29N3O2S. The molecule has 1 spiro atoms. The monoisotopic (exact) mass is 375 g/mol. The molecule has 0 bridgehead atoms. The van der Waals surface area contributed by atoms with Crippen molar-refractivity contribution in [1.29, 1.82) is 0 Å². The van der Waals surface area contributed by atoms with Gasteiger partial charge in [-0.25, -0.2) is 0 Å². The standard InChI is InChI=1S/C20H29N3O2S/c1-2-22-9-6-16(7-10-22)19(24)23-14-20(15-23)11-18(13-26-20)25-12-17-5-3-4-8-21-17/h3-5,8,16,18H,2,6-7,9-15H2,1H3/t18-/m1/s1. The number of pyridine rings is 1. The van der Waals surface area contributed by atoms with E-state index in [2.05, 4.69) is 21.7 Å². The van der Waals surface area contributed by atoms with Crippen LogP contribution in [0.15, 0.2) is 24.4 Å². The third-order valence-corrected chi connectivity index (χ3v) is 7.60. The van der Waals surface area contributed by atoms with E-state index < -0.39 is 0 Å². The van der Waals surface area contributed by atoms with Gasteiger partial charge in [-0.05, 0) is 51.0 Å². The van der Waals surface area contributed by atoms with Crippen LogP contribution in [-0.4, -0.2) is 70.0 Å². The Hall–Kier alpha value is -1.11. The fraction of sp³-hybridized carbons (Fsp3) is 0.700. The van der Waals surface area contributed by atoms with Gasteiger partial charge in [0.05, 0.1) is 23.2 Å². The van der Waals surface area contributed by atoms with E-state index in [1.165, 1.54) is 0 Å². The molecule has 5 nitrogen and oxygen atoms in total. The van der Waals surface area contributed by atoms with Crippen molar-refractivity contribution in [2.75, 3.05) is 38.5 Å². The predicted molar refractivity (Wildman–Crippen MR) is 104 cm³/mol. The number of nitrogens with zero attached hydrogens (tertiary/aromatic N) is 3. The zero-order chi connectivity index (χ0) is 18.0. The van der Waals surface area contributed by atoms with Gasteiger partial charge in [0.1, 0.15) is 0 Å². The Kier molecular flexibility index (Phi) is 5.53. The van der Waals surface area contributed by atoms with Crippen molar-refractivity contribution < 1.29 is 9.53 Å². The van der Waals surface area contributed by atoms with Gasteiger partial charge in [-0.2, -0.15) is 0 Å². The van der Waals surface area contributed by atoms with Gasteiger partial charge < -0.3 is 14.5 Å². The topological polar surface area (TPSA) is 45.7 Å². The summed E-state index contributed by atoms with van der Waals surface area (Å²) in [5, 5.41) is 0. The molecule has 0 unspecified atom stereocenters. The Morgan fingerprint density at radius 2 is 2.15 bits per heavy atom. The van der Waals surface area contributed by atoms with E-state index in [9.17, 15) is 4.79 Å². The van der Waals surface area contributed by atoms with E-state index in [-0.39, 0.29) is 16.8 Å². The molecular weight excluding hydrogens is 346 g/mol. The van der Waals surface area contributed by atoms with Crippen LogP contribution in [0.3, 0.4) is 0 Å². The molecule has 6 heteroatoms. The largest absolute Gasteiger partial charge is 0.371 e. The lowest BCUT2D eigenvalue weighted by atomic mass is 9.88. The van der Waals surface area contributed by atoms with Crippen molar-refractivity contribution in [3.05, 3.63) is 30.1 Å². The van der Waals surface area contributed by atoms with Crippen molar-refractivity contribution in [1.82, 2.24) is 14.8 Å². The molecule has 3 saturated heterocycles. The number of carbonyl (C=O) groups is 1. The molecule has 1 amide bonds. The molecule has 142 valence electrons. The van der Waals surface area contributed by atoms with Gasteiger partial charge in [0.25, 0.3) is 0 Å². The smallest absolute Gasteiger partial charge is 0.225 e. The highest BCUT2D eigenvalue weighted by Gasteiger charge is 2.51. The van der Waals surface area contributed by atoms with Gasteiger partial charge in [-0.3, -0.25) is 9.78 Å². The van der Waals surface area contributed by atoms with Crippen molar-refractivity contribution in [2.24, 2.45) is 5.92 Å². The van der Waals surface area contributed by atoms with Crippen LogP contribution in [0.4, 0.5) is 0 Å². The highest BCUT2D eigenvalue weighted by atomic mass is 32.2. The van der Waals surface area contributed by atoms with Crippen LogP contribution in [0.5, 0.6) is 0 Å². The van der Waals surface area contributed by atoms with E-state index in [1.54, 1.807) is 0 Å². The number of ether oxygens (including phenoxy) is 1. The number of aromatic nitrogens is 1. The summed E-state index contributed by atoms with van der Waals surface area (Å²) < 4.78 is 6.31. The van der Waals surface area contributed by atoms with Crippen LogP contribution < -0.4 is 0 Å². The number of rotatable bonds is 5. The molecule has 0 aliphatic carbocycles. The van der Waals surface area contributed by atoms with Crippen LogP contribution in [0.25, 0.3) is 0 Å². The first-order valence-corrected chi connectivity index (χ1v) is 10.8. The average molecular weight is 376 g/mol. The lowest BCUT2D eigenvalue weighted by molar-refractivity contribution is -0.142. The number of hydrogen-bond acceptors (Lipinski definition) is 5. The van der Waals surface area contributed by atoms with Crippen molar-refractivity contribution in [2.45, 2.75) is 43.6 Å². The maximum absolute atomic E-state index is 12.8. The van der Waals surface area contributed by atoms with E-state index in [4.69, 9.17) is 4.74 Å².